The van der Waals surface area contributed by atoms with Gasteiger partial charge in [-0.25, -0.2) is 0 Å². The Balaban J connectivity index is 1.87. The number of rotatable bonds is 6. The lowest BCUT2D eigenvalue weighted by Gasteiger charge is -2.26. The third kappa shape index (κ3) is 3.40. The van der Waals surface area contributed by atoms with E-state index in [-0.39, 0.29) is 17.4 Å². The number of aryl methyl sites for hydroxylation is 1. The first-order valence-corrected chi connectivity index (χ1v) is 9.96. The number of carbonyl (C=O) groups is 1. The molecule has 7 nitrogen and oxygen atoms in total. The van der Waals surface area contributed by atoms with Crippen LogP contribution in [0.25, 0.3) is 11.3 Å². The molecule has 0 bridgehead atoms. The Morgan fingerprint density at radius 1 is 1.27 bits per heavy atom. The van der Waals surface area contributed by atoms with Crippen LogP contribution in [0.2, 0.25) is 5.02 Å². The number of benzene rings is 2. The first-order valence-electron chi connectivity index (χ1n) is 9.59. The van der Waals surface area contributed by atoms with Crippen molar-refractivity contribution in [3.63, 3.8) is 0 Å². The van der Waals surface area contributed by atoms with E-state index in [1.54, 1.807) is 49.3 Å². The highest BCUT2D eigenvalue weighted by atomic mass is 35.5. The Morgan fingerprint density at radius 2 is 2.07 bits per heavy atom. The summed E-state index contributed by atoms with van der Waals surface area (Å²) in [6.07, 6.45) is 0.659. The number of halogens is 1. The number of aromatic amines is 1. The van der Waals surface area contributed by atoms with Crippen LogP contribution < -0.4 is 0 Å². The molecular weight excluding hydrogens is 406 g/mol. The summed E-state index contributed by atoms with van der Waals surface area (Å²) >= 11 is 6.30. The maximum atomic E-state index is 13.2. The van der Waals surface area contributed by atoms with Crippen LogP contribution in [0, 0.1) is 6.92 Å². The van der Waals surface area contributed by atoms with Gasteiger partial charge in [-0.15, -0.1) is 0 Å². The van der Waals surface area contributed by atoms with Gasteiger partial charge in [-0.1, -0.05) is 23.7 Å². The molecule has 1 aliphatic heterocycles. The molecule has 1 atom stereocenters. The average molecular weight is 428 g/mol. The molecule has 1 amide bonds. The summed E-state index contributed by atoms with van der Waals surface area (Å²) in [5.41, 5.74) is 3.41. The second kappa shape index (κ2) is 8.01. The third-order valence-electron chi connectivity index (χ3n) is 5.33. The number of hydrogen-bond acceptors (Lipinski definition) is 5. The first kappa shape index (κ1) is 20.3. The van der Waals surface area contributed by atoms with Crippen molar-refractivity contribution in [3.8, 4) is 22.8 Å². The molecule has 2 aromatic carbocycles. The smallest absolute Gasteiger partial charge is 0.273 e. The molecule has 0 saturated carbocycles. The highest BCUT2D eigenvalue weighted by Crippen LogP contribution is 2.45. The van der Waals surface area contributed by atoms with Gasteiger partial charge in [0, 0.05) is 36.4 Å². The molecule has 0 fully saturated rings. The molecule has 156 valence electrons. The highest BCUT2D eigenvalue weighted by molar-refractivity contribution is 6.31. The maximum absolute atomic E-state index is 13.2. The van der Waals surface area contributed by atoms with Crippen LogP contribution in [0.1, 0.15) is 39.6 Å². The minimum absolute atomic E-state index is 0.0335. The average Bonchev–Trinajstić information content (AvgIpc) is 3.24. The lowest BCUT2D eigenvalue weighted by atomic mass is 9.95. The van der Waals surface area contributed by atoms with Gasteiger partial charge in [-0.2, -0.15) is 5.10 Å². The summed E-state index contributed by atoms with van der Waals surface area (Å²) in [4.78, 5) is 14.9. The van der Waals surface area contributed by atoms with E-state index < -0.39 is 6.04 Å². The van der Waals surface area contributed by atoms with Gasteiger partial charge in [0.25, 0.3) is 5.91 Å². The van der Waals surface area contributed by atoms with Gasteiger partial charge in [0.1, 0.15) is 22.9 Å². The molecule has 8 heteroatoms. The molecule has 3 aromatic rings. The summed E-state index contributed by atoms with van der Waals surface area (Å²) in [6, 6.07) is 9.57. The quantitative estimate of drug-likeness (QED) is 0.516. The van der Waals surface area contributed by atoms with Crippen LogP contribution >= 0.6 is 11.6 Å². The number of nitrogens with zero attached hydrogens (tertiary/aromatic N) is 2. The largest absolute Gasteiger partial charge is 0.508 e. The number of phenolic OH excluding ortho intramolecular Hbond substituents is 2. The van der Waals surface area contributed by atoms with E-state index in [1.165, 1.54) is 0 Å². The number of aromatic hydroxyl groups is 2. The molecule has 3 N–H and O–H groups in total. The second-order valence-electron chi connectivity index (χ2n) is 7.32. The number of amides is 1. The molecule has 4 rings (SSSR count). The van der Waals surface area contributed by atoms with Gasteiger partial charge < -0.3 is 19.8 Å². The van der Waals surface area contributed by atoms with Crippen molar-refractivity contribution >= 4 is 17.5 Å². The Bertz CT molecular complexity index is 1110. The Kier molecular flexibility index (Phi) is 5.40. The van der Waals surface area contributed by atoms with Crippen molar-refractivity contribution in [2.24, 2.45) is 0 Å². The van der Waals surface area contributed by atoms with E-state index in [0.717, 1.165) is 11.1 Å². The van der Waals surface area contributed by atoms with E-state index in [4.69, 9.17) is 16.3 Å². The van der Waals surface area contributed by atoms with Gasteiger partial charge >= 0.3 is 0 Å². The van der Waals surface area contributed by atoms with Gasteiger partial charge in [-0.3, -0.25) is 9.89 Å². The number of fused-ring (bicyclic) bond motifs is 1. The predicted octanol–water partition coefficient (Wildman–Crippen LogP) is 4.03. The number of hydrogen-bond donors (Lipinski definition) is 3. The molecular formula is C22H22ClN3O4. The molecule has 1 aliphatic rings. The summed E-state index contributed by atoms with van der Waals surface area (Å²) < 4.78 is 5.14. The zero-order valence-corrected chi connectivity index (χ0v) is 17.4. The van der Waals surface area contributed by atoms with E-state index in [2.05, 4.69) is 10.2 Å². The molecule has 1 unspecified atom stereocenters. The molecule has 0 aliphatic carbocycles. The van der Waals surface area contributed by atoms with Crippen LogP contribution in [-0.4, -0.2) is 51.5 Å². The SMILES string of the molecule is COCCCN1C(=O)c2[nH]nc(-c3cc(Cl)c(C)cc3O)c2C1c1cccc(O)c1. The number of carbonyl (C=O) groups excluding carboxylic acids is 1. The fourth-order valence-electron chi connectivity index (χ4n) is 3.91. The van der Waals surface area contributed by atoms with Crippen molar-refractivity contribution in [1.82, 2.24) is 15.1 Å². The van der Waals surface area contributed by atoms with Crippen LogP contribution in [0.3, 0.4) is 0 Å². The van der Waals surface area contributed by atoms with Crippen LogP contribution in [0.5, 0.6) is 11.5 Å². The molecule has 1 aromatic heterocycles. The van der Waals surface area contributed by atoms with E-state index >= 15 is 0 Å². The van der Waals surface area contributed by atoms with Gasteiger partial charge in [-0.05, 0) is 48.7 Å². The molecule has 0 radical (unpaired) electrons. The number of H-pyrrole nitrogens is 1. The number of nitrogens with one attached hydrogen (secondary N) is 1. The first-order chi connectivity index (χ1) is 14.4. The Morgan fingerprint density at radius 3 is 2.80 bits per heavy atom. The number of methoxy groups -OCH3 is 1. The fourth-order valence-corrected chi connectivity index (χ4v) is 4.07. The van der Waals surface area contributed by atoms with E-state index in [0.29, 0.717) is 47.1 Å². The van der Waals surface area contributed by atoms with Crippen LogP contribution in [-0.2, 0) is 4.74 Å². The molecule has 30 heavy (non-hydrogen) atoms. The minimum Gasteiger partial charge on any atom is -0.508 e. The monoisotopic (exact) mass is 427 g/mol. The second-order valence-corrected chi connectivity index (χ2v) is 7.73. The van der Waals surface area contributed by atoms with Gasteiger partial charge in [0.05, 0.1) is 6.04 Å². The lowest BCUT2D eigenvalue weighted by Crippen LogP contribution is -2.31. The van der Waals surface area contributed by atoms with E-state index in [1.807, 2.05) is 6.07 Å². The van der Waals surface area contributed by atoms with Crippen molar-refractivity contribution in [3.05, 3.63) is 63.8 Å². The zero-order chi connectivity index (χ0) is 21.4. The molecule has 0 spiro atoms. The Labute approximate surface area is 178 Å². The number of aromatic nitrogens is 2. The summed E-state index contributed by atoms with van der Waals surface area (Å²) in [5.74, 6) is -0.0476. The highest BCUT2D eigenvalue weighted by Gasteiger charge is 2.42. The summed E-state index contributed by atoms with van der Waals surface area (Å²) in [5, 5.41) is 28.3. The topological polar surface area (TPSA) is 98.7 Å². The van der Waals surface area contributed by atoms with Crippen molar-refractivity contribution in [1.29, 1.82) is 0 Å². The molecule has 2 heterocycles. The van der Waals surface area contributed by atoms with Crippen molar-refractivity contribution in [2.45, 2.75) is 19.4 Å². The lowest BCUT2D eigenvalue weighted by molar-refractivity contribution is 0.0723. The maximum Gasteiger partial charge on any atom is 0.273 e. The minimum atomic E-state index is -0.468. The summed E-state index contributed by atoms with van der Waals surface area (Å²) in [6.45, 7) is 2.79. The zero-order valence-electron chi connectivity index (χ0n) is 16.6. The normalized spacial score (nSPS) is 15.6. The fraction of sp³-hybridized carbons (Fsp3) is 0.273. The van der Waals surface area contributed by atoms with Crippen LogP contribution in [0.15, 0.2) is 36.4 Å². The Hall–Kier alpha value is -3.03. The van der Waals surface area contributed by atoms with Gasteiger partial charge in [0.15, 0.2) is 0 Å². The number of ether oxygens (including phenoxy) is 1. The molecule has 0 saturated heterocycles. The third-order valence-corrected chi connectivity index (χ3v) is 5.74. The van der Waals surface area contributed by atoms with Crippen LogP contribution in [0.4, 0.5) is 0 Å². The van der Waals surface area contributed by atoms with Crippen molar-refractivity contribution < 1.29 is 19.7 Å². The predicted molar refractivity (Wildman–Crippen MR) is 113 cm³/mol. The summed E-state index contributed by atoms with van der Waals surface area (Å²) in [7, 11) is 1.62. The van der Waals surface area contributed by atoms with E-state index in [9.17, 15) is 15.0 Å². The standard InChI is InChI=1S/C22H22ClN3O4/c1-12-9-17(28)15(11-16(12)23)19-18-20(25-24-19)22(29)26(7-4-8-30-2)21(18)13-5-3-6-14(27)10-13/h3,5-6,9-11,21,27-28H,4,7-8H2,1-2H3,(H,24,25). The van der Waals surface area contributed by atoms with Crippen molar-refractivity contribution in [2.75, 3.05) is 20.3 Å². The number of phenols is 2. The van der Waals surface area contributed by atoms with Gasteiger partial charge in [0.2, 0.25) is 0 Å².